The zero-order valence-corrected chi connectivity index (χ0v) is 9.14. The first kappa shape index (κ1) is 9.79. The second kappa shape index (κ2) is 5.36. The molecule has 1 atom stereocenters. The number of unbranched alkanes of at least 4 members (excludes halogenated alkanes) is 1. The molecule has 0 saturated carbocycles. The van der Waals surface area contributed by atoms with Gasteiger partial charge in [-0.25, -0.2) is 0 Å². The molecule has 0 radical (unpaired) electrons. The summed E-state index contributed by atoms with van der Waals surface area (Å²) in [4.78, 5) is 0. The van der Waals surface area contributed by atoms with Gasteiger partial charge in [-0.15, -0.1) is 23.5 Å². The van der Waals surface area contributed by atoms with E-state index in [9.17, 15) is 0 Å². The average molecular weight is 190 g/mol. The van der Waals surface area contributed by atoms with Crippen LogP contribution < -0.4 is 0 Å². The normalized spacial score (nSPS) is 22.4. The fourth-order valence-electron chi connectivity index (χ4n) is 1.37. The lowest BCUT2D eigenvalue weighted by Crippen LogP contribution is -2.06. The van der Waals surface area contributed by atoms with Crippen LogP contribution in [0, 0.1) is 5.92 Å². The quantitative estimate of drug-likeness (QED) is 0.664. The molecule has 0 N–H and O–H groups in total. The lowest BCUT2D eigenvalue weighted by molar-refractivity contribution is 0.543. The molecule has 66 valence electrons. The molecule has 0 nitrogen and oxygen atoms in total. The van der Waals surface area contributed by atoms with E-state index in [0.717, 1.165) is 10.5 Å². The standard InChI is InChI=1S/C9H18S2/c1-3-4-5-8(2)9-10-6-7-11-9/h8-9H,3-7H2,1-2H3. The van der Waals surface area contributed by atoms with Crippen LogP contribution >= 0.6 is 23.5 Å². The third-order valence-corrected chi connectivity index (χ3v) is 5.67. The minimum Gasteiger partial charge on any atom is -0.146 e. The molecule has 1 aliphatic rings. The second-order valence-corrected chi connectivity index (χ2v) is 6.03. The maximum atomic E-state index is 2.41. The van der Waals surface area contributed by atoms with Crippen LogP contribution in [0.3, 0.4) is 0 Å². The zero-order valence-electron chi connectivity index (χ0n) is 7.51. The Balaban J connectivity index is 2.12. The molecule has 1 saturated heterocycles. The fraction of sp³-hybridized carbons (Fsp3) is 1.00. The van der Waals surface area contributed by atoms with Crippen LogP contribution in [0.25, 0.3) is 0 Å². The van der Waals surface area contributed by atoms with E-state index >= 15 is 0 Å². The Morgan fingerprint density at radius 1 is 1.36 bits per heavy atom. The Labute approximate surface area is 78.9 Å². The zero-order chi connectivity index (χ0) is 8.10. The van der Waals surface area contributed by atoms with Crippen molar-refractivity contribution in [3.8, 4) is 0 Å². The summed E-state index contributed by atoms with van der Waals surface area (Å²) in [6.07, 6.45) is 4.20. The molecular weight excluding hydrogens is 172 g/mol. The number of rotatable bonds is 4. The summed E-state index contributed by atoms with van der Waals surface area (Å²) < 4.78 is 0.918. The van der Waals surface area contributed by atoms with Gasteiger partial charge in [0, 0.05) is 11.5 Å². The Morgan fingerprint density at radius 2 is 2.00 bits per heavy atom. The van der Waals surface area contributed by atoms with Gasteiger partial charge in [0.25, 0.3) is 0 Å². The summed E-state index contributed by atoms with van der Waals surface area (Å²) >= 11 is 4.33. The predicted octanol–water partition coefficient (Wildman–Crippen LogP) is 3.62. The molecule has 0 bridgehead atoms. The van der Waals surface area contributed by atoms with E-state index in [-0.39, 0.29) is 0 Å². The summed E-state index contributed by atoms with van der Waals surface area (Å²) in [6.45, 7) is 4.69. The molecule has 1 rings (SSSR count). The molecule has 1 unspecified atom stereocenters. The van der Waals surface area contributed by atoms with Crippen molar-refractivity contribution in [2.45, 2.75) is 37.7 Å². The maximum absolute atomic E-state index is 2.41. The Bertz CT molecular complexity index is 97.7. The maximum Gasteiger partial charge on any atom is 0.0528 e. The van der Waals surface area contributed by atoms with Gasteiger partial charge in [0.05, 0.1) is 4.58 Å². The smallest absolute Gasteiger partial charge is 0.0528 e. The van der Waals surface area contributed by atoms with Crippen LogP contribution in [0.5, 0.6) is 0 Å². The molecule has 1 heterocycles. The van der Waals surface area contributed by atoms with E-state index in [1.165, 1.54) is 30.8 Å². The Kier molecular flexibility index (Phi) is 4.77. The molecule has 0 aromatic rings. The number of hydrogen-bond donors (Lipinski definition) is 0. The lowest BCUT2D eigenvalue weighted by atomic mass is 10.1. The van der Waals surface area contributed by atoms with Gasteiger partial charge in [-0.3, -0.25) is 0 Å². The minimum absolute atomic E-state index is 0.918. The third-order valence-electron chi connectivity index (χ3n) is 2.13. The first-order valence-electron chi connectivity index (χ1n) is 4.57. The summed E-state index contributed by atoms with van der Waals surface area (Å²) in [5.74, 6) is 3.70. The van der Waals surface area contributed by atoms with Crippen LogP contribution in [-0.4, -0.2) is 16.1 Å². The molecule has 0 aromatic heterocycles. The van der Waals surface area contributed by atoms with Crippen LogP contribution in [0.2, 0.25) is 0 Å². The van der Waals surface area contributed by atoms with Gasteiger partial charge >= 0.3 is 0 Å². The highest BCUT2D eigenvalue weighted by Gasteiger charge is 2.21. The summed E-state index contributed by atoms with van der Waals surface area (Å²) in [6, 6.07) is 0. The topological polar surface area (TPSA) is 0 Å². The molecule has 0 spiro atoms. The molecular formula is C9H18S2. The van der Waals surface area contributed by atoms with E-state index in [0.29, 0.717) is 0 Å². The molecule has 0 aromatic carbocycles. The molecule has 11 heavy (non-hydrogen) atoms. The highest BCUT2D eigenvalue weighted by Crippen LogP contribution is 2.38. The second-order valence-electron chi connectivity index (χ2n) is 3.23. The molecule has 1 aliphatic heterocycles. The molecule has 1 fully saturated rings. The Hall–Kier alpha value is 0.700. The van der Waals surface area contributed by atoms with Gasteiger partial charge in [-0.2, -0.15) is 0 Å². The van der Waals surface area contributed by atoms with E-state index < -0.39 is 0 Å². The van der Waals surface area contributed by atoms with Gasteiger partial charge in [0.1, 0.15) is 0 Å². The highest BCUT2D eigenvalue weighted by atomic mass is 32.2. The van der Waals surface area contributed by atoms with Crippen molar-refractivity contribution >= 4 is 23.5 Å². The third kappa shape index (κ3) is 3.29. The number of thioether (sulfide) groups is 2. The van der Waals surface area contributed by atoms with E-state index in [4.69, 9.17) is 0 Å². The SMILES string of the molecule is CCCCC(C)C1SCCS1. The molecule has 0 aliphatic carbocycles. The average Bonchev–Trinajstić information content (AvgIpc) is 2.52. The van der Waals surface area contributed by atoms with Gasteiger partial charge in [0.2, 0.25) is 0 Å². The van der Waals surface area contributed by atoms with Crippen LogP contribution in [0.4, 0.5) is 0 Å². The van der Waals surface area contributed by atoms with Crippen LogP contribution in [0.1, 0.15) is 33.1 Å². The van der Waals surface area contributed by atoms with Crippen molar-refractivity contribution in [3.63, 3.8) is 0 Å². The highest BCUT2D eigenvalue weighted by molar-refractivity contribution is 8.20. The van der Waals surface area contributed by atoms with Crippen molar-refractivity contribution in [3.05, 3.63) is 0 Å². The van der Waals surface area contributed by atoms with E-state index in [1.807, 2.05) is 0 Å². The van der Waals surface area contributed by atoms with Crippen molar-refractivity contribution in [1.82, 2.24) is 0 Å². The number of hydrogen-bond acceptors (Lipinski definition) is 2. The Morgan fingerprint density at radius 3 is 2.55 bits per heavy atom. The van der Waals surface area contributed by atoms with Crippen molar-refractivity contribution < 1.29 is 0 Å². The minimum atomic E-state index is 0.918. The van der Waals surface area contributed by atoms with Gasteiger partial charge in [-0.05, 0) is 12.3 Å². The summed E-state index contributed by atoms with van der Waals surface area (Å²) in [5.41, 5.74) is 0. The summed E-state index contributed by atoms with van der Waals surface area (Å²) in [7, 11) is 0. The van der Waals surface area contributed by atoms with Gasteiger partial charge in [0.15, 0.2) is 0 Å². The lowest BCUT2D eigenvalue weighted by Gasteiger charge is -2.16. The van der Waals surface area contributed by atoms with Crippen molar-refractivity contribution in [1.29, 1.82) is 0 Å². The molecule has 2 heteroatoms. The summed E-state index contributed by atoms with van der Waals surface area (Å²) in [5, 5.41) is 0. The van der Waals surface area contributed by atoms with E-state index in [1.54, 1.807) is 0 Å². The van der Waals surface area contributed by atoms with E-state index in [2.05, 4.69) is 37.4 Å². The molecule has 0 amide bonds. The first-order valence-corrected chi connectivity index (χ1v) is 6.67. The predicted molar refractivity (Wildman–Crippen MR) is 57.4 cm³/mol. The first-order chi connectivity index (χ1) is 5.34. The van der Waals surface area contributed by atoms with Crippen LogP contribution in [0.15, 0.2) is 0 Å². The monoisotopic (exact) mass is 190 g/mol. The fourth-order valence-corrected chi connectivity index (χ4v) is 4.49. The largest absolute Gasteiger partial charge is 0.146 e. The van der Waals surface area contributed by atoms with Gasteiger partial charge < -0.3 is 0 Å². The van der Waals surface area contributed by atoms with Crippen molar-refractivity contribution in [2.75, 3.05) is 11.5 Å². The van der Waals surface area contributed by atoms with Crippen LogP contribution in [-0.2, 0) is 0 Å². The van der Waals surface area contributed by atoms with Gasteiger partial charge in [-0.1, -0.05) is 26.7 Å². The van der Waals surface area contributed by atoms with Crippen molar-refractivity contribution in [2.24, 2.45) is 5.92 Å².